The molecule has 1 N–H and O–H groups in total. The molecule has 4 rings (SSSR count). The molecule has 4 aromatic rings. The normalized spacial score (nSPS) is 12.1. The lowest BCUT2D eigenvalue weighted by Gasteiger charge is -2.27. The number of benzene rings is 4. The number of carbonyl (C=O) groups is 1. The summed E-state index contributed by atoms with van der Waals surface area (Å²) >= 11 is 0. The van der Waals surface area contributed by atoms with E-state index in [2.05, 4.69) is 5.32 Å². The molecule has 6 heteroatoms. The minimum atomic E-state index is -3.95. The second-order valence-electron chi connectivity index (χ2n) is 8.85. The molecule has 0 spiro atoms. The number of aryl methyl sites for hydroxylation is 1. The Balaban J connectivity index is 1.68. The van der Waals surface area contributed by atoms with Crippen molar-refractivity contribution in [3.8, 4) is 0 Å². The van der Waals surface area contributed by atoms with Gasteiger partial charge in [0, 0.05) is 6.54 Å². The molecule has 0 radical (unpaired) electrons. The number of rotatable bonds is 9. The SMILES string of the molecule is Cc1ccc(S(=O)(=O)N(Cc2ccccc2)c2ccccc2C(=O)NCC(C)c2ccccc2)cc1. The van der Waals surface area contributed by atoms with E-state index >= 15 is 0 Å². The molecule has 0 aliphatic heterocycles. The summed E-state index contributed by atoms with van der Waals surface area (Å²) in [6, 6.07) is 33.0. The number of hydrogen-bond acceptors (Lipinski definition) is 3. The Kier molecular flexibility index (Phi) is 7.86. The van der Waals surface area contributed by atoms with Crippen molar-refractivity contribution >= 4 is 21.6 Å². The average Bonchev–Trinajstić information content (AvgIpc) is 2.91. The van der Waals surface area contributed by atoms with Crippen molar-refractivity contribution in [3.05, 3.63) is 131 Å². The van der Waals surface area contributed by atoms with Crippen molar-refractivity contribution in [1.29, 1.82) is 0 Å². The van der Waals surface area contributed by atoms with E-state index in [4.69, 9.17) is 0 Å². The van der Waals surface area contributed by atoms with E-state index < -0.39 is 10.0 Å². The molecular weight excluding hydrogens is 468 g/mol. The van der Waals surface area contributed by atoms with Crippen LogP contribution in [-0.2, 0) is 16.6 Å². The van der Waals surface area contributed by atoms with Crippen molar-refractivity contribution < 1.29 is 13.2 Å². The standard InChI is InChI=1S/C30H30N2O3S/c1-23-17-19-27(20-18-23)36(34,35)32(22-25-11-5-3-6-12-25)29-16-10-9-15-28(29)30(33)31-21-24(2)26-13-7-4-8-14-26/h3-20,24H,21-22H2,1-2H3,(H,31,33). The number of sulfonamides is 1. The Labute approximate surface area is 213 Å². The molecule has 0 fully saturated rings. The number of hydrogen-bond donors (Lipinski definition) is 1. The fraction of sp³-hybridized carbons (Fsp3) is 0.167. The average molecular weight is 499 g/mol. The van der Waals surface area contributed by atoms with E-state index in [9.17, 15) is 13.2 Å². The molecular formula is C30H30N2O3S. The van der Waals surface area contributed by atoms with E-state index in [0.29, 0.717) is 17.8 Å². The third-order valence-electron chi connectivity index (χ3n) is 6.13. The lowest BCUT2D eigenvalue weighted by molar-refractivity contribution is 0.0952. The Morgan fingerprint density at radius 2 is 1.39 bits per heavy atom. The molecule has 1 amide bonds. The highest BCUT2D eigenvalue weighted by Crippen LogP contribution is 2.29. The molecule has 1 unspecified atom stereocenters. The molecule has 0 saturated heterocycles. The second kappa shape index (κ2) is 11.2. The van der Waals surface area contributed by atoms with Crippen molar-refractivity contribution in [2.45, 2.75) is 31.2 Å². The highest BCUT2D eigenvalue weighted by atomic mass is 32.2. The van der Waals surface area contributed by atoms with Crippen LogP contribution >= 0.6 is 0 Å². The zero-order valence-corrected chi connectivity index (χ0v) is 21.3. The third kappa shape index (κ3) is 5.83. The van der Waals surface area contributed by atoms with Crippen LogP contribution in [0.3, 0.4) is 0 Å². The monoisotopic (exact) mass is 498 g/mol. The van der Waals surface area contributed by atoms with Gasteiger partial charge in [0.25, 0.3) is 15.9 Å². The number of nitrogens with zero attached hydrogens (tertiary/aromatic N) is 1. The van der Waals surface area contributed by atoms with Crippen LogP contribution in [0.1, 0.15) is 39.9 Å². The van der Waals surface area contributed by atoms with Crippen molar-refractivity contribution in [1.82, 2.24) is 5.32 Å². The first-order valence-electron chi connectivity index (χ1n) is 11.9. The predicted molar refractivity (Wildman–Crippen MR) is 145 cm³/mol. The van der Waals surface area contributed by atoms with E-state index in [1.165, 1.54) is 4.31 Å². The van der Waals surface area contributed by atoms with Gasteiger partial charge in [0.1, 0.15) is 0 Å². The van der Waals surface area contributed by atoms with Gasteiger partial charge in [-0.1, -0.05) is 97.4 Å². The topological polar surface area (TPSA) is 66.5 Å². The van der Waals surface area contributed by atoms with Crippen molar-refractivity contribution in [3.63, 3.8) is 0 Å². The maximum atomic E-state index is 13.9. The van der Waals surface area contributed by atoms with Crippen LogP contribution in [-0.4, -0.2) is 20.9 Å². The second-order valence-corrected chi connectivity index (χ2v) is 10.7. The molecule has 0 bridgehead atoms. The van der Waals surface area contributed by atoms with Gasteiger partial charge in [0.15, 0.2) is 0 Å². The van der Waals surface area contributed by atoms with Crippen LogP contribution in [0.5, 0.6) is 0 Å². The molecule has 0 aliphatic rings. The number of anilines is 1. The predicted octanol–water partition coefficient (Wildman–Crippen LogP) is 5.92. The van der Waals surface area contributed by atoms with Crippen LogP contribution in [0.2, 0.25) is 0 Å². The minimum Gasteiger partial charge on any atom is -0.351 e. The van der Waals surface area contributed by atoms with Gasteiger partial charge in [0.05, 0.1) is 22.7 Å². The zero-order chi connectivity index (χ0) is 25.5. The lowest BCUT2D eigenvalue weighted by Crippen LogP contribution is -2.34. The molecule has 5 nitrogen and oxygen atoms in total. The zero-order valence-electron chi connectivity index (χ0n) is 20.5. The van der Waals surface area contributed by atoms with E-state index in [0.717, 1.165) is 16.7 Å². The molecule has 0 aromatic heterocycles. The summed E-state index contributed by atoms with van der Waals surface area (Å²) in [5, 5.41) is 2.99. The Hall–Kier alpha value is -3.90. The Bertz CT molecular complexity index is 1400. The van der Waals surface area contributed by atoms with Crippen LogP contribution in [0.25, 0.3) is 0 Å². The van der Waals surface area contributed by atoms with Gasteiger partial charge in [-0.05, 0) is 48.2 Å². The van der Waals surface area contributed by atoms with Crippen LogP contribution in [0, 0.1) is 6.92 Å². The maximum Gasteiger partial charge on any atom is 0.264 e. The number of amides is 1. The van der Waals surface area contributed by atoms with E-state index in [1.807, 2.05) is 74.5 Å². The molecule has 0 saturated carbocycles. The molecule has 1 atom stereocenters. The Morgan fingerprint density at radius 1 is 0.806 bits per heavy atom. The summed E-state index contributed by atoms with van der Waals surface area (Å²) in [6.45, 7) is 4.49. The minimum absolute atomic E-state index is 0.0990. The van der Waals surface area contributed by atoms with Crippen molar-refractivity contribution in [2.24, 2.45) is 0 Å². The highest BCUT2D eigenvalue weighted by Gasteiger charge is 2.28. The summed E-state index contributed by atoms with van der Waals surface area (Å²) in [7, 11) is -3.95. The summed E-state index contributed by atoms with van der Waals surface area (Å²) in [6.07, 6.45) is 0. The first-order chi connectivity index (χ1) is 17.4. The Morgan fingerprint density at radius 3 is 2.06 bits per heavy atom. The first-order valence-corrected chi connectivity index (χ1v) is 13.4. The fourth-order valence-corrected chi connectivity index (χ4v) is 5.48. The van der Waals surface area contributed by atoms with Crippen molar-refractivity contribution in [2.75, 3.05) is 10.8 Å². The molecule has 184 valence electrons. The summed E-state index contributed by atoms with van der Waals surface area (Å²) < 4.78 is 29.1. The van der Waals surface area contributed by atoms with Crippen LogP contribution < -0.4 is 9.62 Å². The fourth-order valence-electron chi connectivity index (χ4n) is 4.01. The van der Waals surface area contributed by atoms with Gasteiger partial charge in [-0.2, -0.15) is 0 Å². The van der Waals surface area contributed by atoms with E-state index in [-0.39, 0.29) is 23.3 Å². The highest BCUT2D eigenvalue weighted by molar-refractivity contribution is 7.92. The largest absolute Gasteiger partial charge is 0.351 e. The van der Waals surface area contributed by atoms with Crippen LogP contribution in [0.15, 0.2) is 114 Å². The third-order valence-corrected chi connectivity index (χ3v) is 7.91. The molecule has 36 heavy (non-hydrogen) atoms. The van der Waals surface area contributed by atoms with Gasteiger partial charge in [0.2, 0.25) is 0 Å². The van der Waals surface area contributed by atoms with Gasteiger partial charge >= 0.3 is 0 Å². The van der Waals surface area contributed by atoms with Gasteiger partial charge < -0.3 is 5.32 Å². The van der Waals surface area contributed by atoms with Gasteiger partial charge in [-0.25, -0.2) is 8.42 Å². The summed E-state index contributed by atoms with van der Waals surface area (Å²) in [5.41, 5.74) is 3.56. The van der Waals surface area contributed by atoms with Crippen LogP contribution in [0.4, 0.5) is 5.69 Å². The van der Waals surface area contributed by atoms with Gasteiger partial charge in [-0.3, -0.25) is 9.10 Å². The molecule has 0 aliphatic carbocycles. The smallest absolute Gasteiger partial charge is 0.264 e. The maximum absolute atomic E-state index is 13.9. The summed E-state index contributed by atoms with van der Waals surface area (Å²) in [4.78, 5) is 13.5. The lowest BCUT2D eigenvalue weighted by atomic mass is 10.0. The number of nitrogens with one attached hydrogen (secondary N) is 1. The first kappa shape index (κ1) is 25.2. The molecule has 0 heterocycles. The number of carbonyl (C=O) groups excluding carboxylic acids is 1. The van der Waals surface area contributed by atoms with Gasteiger partial charge in [-0.15, -0.1) is 0 Å². The summed E-state index contributed by atoms with van der Waals surface area (Å²) in [5.74, 6) is -0.204. The number of para-hydroxylation sites is 1. The quantitative estimate of drug-likeness (QED) is 0.311. The molecule has 4 aromatic carbocycles. The van der Waals surface area contributed by atoms with E-state index in [1.54, 1.807) is 48.5 Å².